The van der Waals surface area contributed by atoms with E-state index in [1.807, 2.05) is 24.3 Å². The second-order valence-corrected chi connectivity index (χ2v) is 6.46. The summed E-state index contributed by atoms with van der Waals surface area (Å²) in [5.74, 6) is -2.08. The third-order valence-electron chi connectivity index (χ3n) is 4.72. The fourth-order valence-electron chi connectivity index (χ4n) is 3.60. The summed E-state index contributed by atoms with van der Waals surface area (Å²) in [6.45, 7) is 0.389. The Hall–Kier alpha value is -1.81. The quantitative estimate of drug-likeness (QED) is 0.839. The molecule has 0 unspecified atom stereocenters. The molecule has 2 N–H and O–H groups in total. The average molecular weight is 320 g/mol. The summed E-state index contributed by atoms with van der Waals surface area (Å²) in [5, 5.41) is 13.0. The standard InChI is InChI=1S/C17H18ClNO3/c18-13-7-1-10(2-8-13)9-19-16(20)14-11-3-5-12(6-4-11)15(14)17(21)22/h1-3,5,7-8,11-12,14-15H,4,6,9H2,(H,19,20)(H,21,22)/t11-,12+,14-,15+/m0/s1. The molecule has 1 fully saturated rings. The molecule has 3 aliphatic carbocycles. The molecule has 0 heterocycles. The van der Waals surface area contributed by atoms with E-state index < -0.39 is 17.8 Å². The Bertz CT molecular complexity index is 611. The molecule has 4 nitrogen and oxygen atoms in total. The van der Waals surface area contributed by atoms with Gasteiger partial charge in [0.25, 0.3) is 0 Å². The van der Waals surface area contributed by atoms with Crippen molar-refractivity contribution in [2.45, 2.75) is 19.4 Å². The van der Waals surface area contributed by atoms with Gasteiger partial charge in [-0.3, -0.25) is 9.59 Å². The van der Waals surface area contributed by atoms with Crippen molar-refractivity contribution < 1.29 is 14.7 Å². The number of carboxylic acids is 1. The van der Waals surface area contributed by atoms with Crippen LogP contribution in [0.1, 0.15) is 18.4 Å². The van der Waals surface area contributed by atoms with E-state index in [1.165, 1.54) is 0 Å². The summed E-state index contributed by atoms with van der Waals surface area (Å²) in [6, 6.07) is 7.25. The van der Waals surface area contributed by atoms with Crippen LogP contribution in [0, 0.1) is 23.7 Å². The predicted molar refractivity (Wildman–Crippen MR) is 83.3 cm³/mol. The lowest BCUT2D eigenvalue weighted by Crippen LogP contribution is -2.48. The number of nitrogens with one attached hydrogen (secondary N) is 1. The molecule has 1 saturated carbocycles. The van der Waals surface area contributed by atoms with Gasteiger partial charge in [-0.15, -0.1) is 0 Å². The van der Waals surface area contributed by atoms with E-state index in [0.29, 0.717) is 11.6 Å². The Kier molecular flexibility index (Phi) is 4.21. The molecule has 4 rings (SSSR count). The lowest BCUT2D eigenvalue weighted by molar-refractivity contribution is -0.153. The van der Waals surface area contributed by atoms with Gasteiger partial charge in [-0.05, 0) is 42.4 Å². The monoisotopic (exact) mass is 319 g/mol. The molecule has 4 atom stereocenters. The lowest BCUT2D eigenvalue weighted by atomic mass is 9.62. The maximum Gasteiger partial charge on any atom is 0.307 e. The highest BCUT2D eigenvalue weighted by Crippen LogP contribution is 2.45. The van der Waals surface area contributed by atoms with E-state index >= 15 is 0 Å². The number of amides is 1. The molecule has 5 heteroatoms. The van der Waals surface area contributed by atoms with E-state index in [4.69, 9.17) is 11.6 Å². The molecular weight excluding hydrogens is 302 g/mol. The van der Waals surface area contributed by atoms with Crippen LogP contribution in [0.4, 0.5) is 0 Å². The number of fused-ring (bicyclic) bond motifs is 2. The van der Waals surface area contributed by atoms with E-state index in [0.717, 1.165) is 18.4 Å². The molecule has 0 radical (unpaired) electrons. The second-order valence-electron chi connectivity index (χ2n) is 6.02. The summed E-state index contributed by atoms with van der Waals surface area (Å²) in [7, 11) is 0. The maximum absolute atomic E-state index is 12.5. The number of aliphatic carboxylic acids is 1. The molecule has 0 aliphatic heterocycles. The van der Waals surface area contributed by atoms with E-state index in [2.05, 4.69) is 5.32 Å². The summed E-state index contributed by atoms with van der Waals surface area (Å²) in [6.07, 6.45) is 5.74. The number of halogens is 1. The number of carbonyl (C=O) groups excluding carboxylic acids is 1. The zero-order chi connectivity index (χ0) is 15.7. The number of carboxylic acid groups (broad SMARTS) is 1. The minimum Gasteiger partial charge on any atom is -0.481 e. The van der Waals surface area contributed by atoms with Gasteiger partial charge in [0.05, 0.1) is 11.8 Å². The highest BCUT2D eigenvalue weighted by molar-refractivity contribution is 6.30. The summed E-state index contributed by atoms with van der Waals surface area (Å²) in [5.41, 5.74) is 0.945. The zero-order valence-electron chi connectivity index (χ0n) is 12.0. The van der Waals surface area contributed by atoms with Gasteiger partial charge in [-0.1, -0.05) is 35.9 Å². The van der Waals surface area contributed by atoms with Gasteiger partial charge in [-0.2, -0.15) is 0 Å². The molecule has 0 saturated heterocycles. The predicted octanol–water partition coefficient (Wildman–Crippen LogP) is 2.87. The Morgan fingerprint density at radius 1 is 1.09 bits per heavy atom. The molecule has 1 aromatic rings. The molecule has 1 amide bonds. The van der Waals surface area contributed by atoms with Crippen molar-refractivity contribution in [2.24, 2.45) is 23.7 Å². The minimum atomic E-state index is -0.870. The van der Waals surface area contributed by atoms with Gasteiger partial charge in [0, 0.05) is 11.6 Å². The largest absolute Gasteiger partial charge is 0.481 e. The summed E-state index contributed by atoms with van der Waals surface area (Å²) < 4.78 is 0. The summed E-state index contributed by atoms with van der Waals surface area (Å²) >= 11 is 5.83. The van der Waals surface area contributed by atoms with Crippen LogP contribution < -0.4 is 5.32 Å². The van der Waals surface area contributed by atoms with Crippen molar-refractivity contribution in [3.05, 3.63) is 47.0 Å². The molecule has 3 aliphatic rings. The molecular formula is C17H18ClNO3. The third-order valence-corrected chi connectivity index (χ3v) is 4.97. The number of benzene rings is 1. The maximum atomic E-state index is 12.5. The summed E-state index contributed by atoms with van der Waals surface area (Å²) in [4.78, 5) is 24.1. The van der Waals surface area contributed by atoms with Crippen molar-refractivity contribution in [1.29, 1.82) is 0 Å². The SMILES string of the molecule is O=C(NCc1ccc(Cl)cc1)[C@@H]1[C@H](C(=O)O)[C@@H]2C=C[C@H]1CC2. The van der Waals surface area contributed by atoms with Gasteiger partial charge in [0.2, 0.25) is 5.91 Å². The van der Waals surface area contributed by atoms with Crippen molar-refractivity contribution >= 4 is 23.5 Å². The fraction of sp³-hybridized carbons (Fsp3) is 0.412. The first-order valence-corrected chi connectivity index (χ1v) is 7.87. The molecule has 22 heavy (non-hydrogen) atoms. The van der Waals surface area contributed by atoms with E-state index in [1.54, 1.807) is 12.1 Å². The lowest BCUT2D eigenvalue weighted by Gasteiger charge is -2.41. The van der Waals surface area contributed by atoms with Gasteiger partial charge in [-0.25, -0.2) is 0 Å². The Morgan fingerprint density at radius 3 is 2.23 bits per heavy atom. The third kappa shape index (κ3) is 2.88. The van der Waals surface area contributed by atoms with Crippen LogP contribution in [-0.4, -0.2) is 17.0 Å². The number of allylic oxidation sites excluding steroid dienone is 2. The number of hydrogen-bond acceptors (Lipinski definition) is 2. The second kappa shape index (κ2) is 6.13. The molecule has 2 bridgehead atoms. The van der Waals surface area contributed by atoms with Crippen molar-refractivity contribution in [2.75, 3.05) is 0 Å². The highest BCUT2D eigenvalue weighted by atomic mass is 35.5. The van der Waals surface area contributed by atoms with E-state index in [9.17, 15) is 14.7 Å². The Morgan fingerprint density at radius 2 is 1.68 bits per heavy atom. The van der Waals surface area contributed by atoms with Gasteiger partial charge in [0.1, 0.15) is 0 Å². The highest BCUT2D eigenvalue weighted by Gasteiger charge is 2.47. The van der Waals surface area contributed by atoms with Crippen LogP contribution in [0.2, 0.25) is 5.02 Å². The van der Waals surface area contributed by atoms with Crippen LogP contribution in [-0.2, 0) is 16.1 Å². The van der Waals surface area contributed by atoms with Crippen LogP contribution in [0.5, 0.6) is 0 Å². The smallest absolute Gasteiger partial charge is 0.307 e. The first-order chi connectivity index (χ1) is 10.6. The van der Waals surface area contributed by atoms with E-state index in [-0.39, 0.29) is 17.7 Å². The van der Waals surface area contributed by atoms with Crippen LogP contribution in [0.15, 0.2) is 36.4 Å². The number of carbonyl (C=O) groups is 2. The van der Waals surface area contributed by atoms with Crippen molar-refractivity contribution in [3.8, 4) is 0 Å². The number of hydrogen-bond donors (Lipinski definition) is 2. The molecule has 0 aromatic heterocycles. The van der Waals surface area contributed by atoms with Gasteiger partial charge < -0.3 is 10.4 Å². The molecule has 0 spiro atoms. The normalized spacial score (nSPS) is 29.3. The number of rotatable bonds is 4. The zero-order valence-corrected chi connectivity index (χ0v) is 12.8. The topological polar surface area (TPSA) is 66.4 Å². The van der Waals surface area contributed by atoms with Crippen LogP contribution in [0.3, 0.4) is 0 Å². The first-order valence-electron chi connectivity index (χ1n) is 7.49. The van der Waals surface area contributed by atoms with Gasteiger partial charge >= 0.3 is 5.97 Å². The van der Waals surface area contributed by atoms with Crippen LogP contribution in [0.25, 0.3) is 0 Å². The molecule has 1 aromatic carbocycles. The van der Waals surface area contributed by atoms with Crippen molar-refractivity contribution in [3.63, 3.8) is 0 Å². The first kappa shape index (κ1) is 15.1. The molecule has 116 valence electrons. The van der Waals surface area contributed by atoms with Crippen LogP contribution >= 0.6 is 11.6 Å². The Balaban J connectivity index is 1.69. The van der Waals surface area contributed by atoms with Gasteiger partial charge in [0.15, 0.2) is 0 Å². The van der Waals surface area contributed by atoms with Crippen molar-refractivity contribution in [1.82, 2.24) is 5.32 Å². The Labute approximate surface area is 134 Å². The average Bonchev–Trinajstić information content (AvgIpc) is 2.54. The minimum absolute atomic E-state index is 0.0196. The fourth-order valence-corrected chi connectivity index (χ4v) is 3.72.